The number of hydrogen-bond acceptors (Lipinski definition) is 5. The van der Waals surface area contributed by atoms with Crippen molar-refractivity contribution in [1.82, 2.24) is 15.6 Å². The van der Waals surface area contributed by atoms with Crippen molar-refractivity contribution >= 4 is 41.5 Å². The number of benzene rings is 3. The fourth-order valence-electron chi connectivity index (χ4n) is 4.97. The highest BCUT2D eigenvalue weighted by atomic mass is 32.1. The molecular formula is C29H27N3O5S. The molecule has 3 aromatic carbocycles. The molecule has 9 heteroatoms. The van der Waals surface area contributed by atoms with E-state index in [0.29, 0.717) is 0 Å². The number of nitrogens with one attached hydrogen (secondary N) is 3. The van der Waals surface area contributed by atoms with Gasteiger partial charge in [0.1, 0.15) is 18.7 Å². The number of carbonyl (C=O) groups is 3. The zero-order chi connectivity index (χ0) is 26.6. The first-order valence-corrected chi connectivity index (χ1v) is 12.9. The molecule has 0 radical (unpaired) electrons. The van der Waals surface area contributed by atoms with Crippen LogP contribution in [0.2, 0.25) is 0 Å². The molecule has 0 saturated carbocycles. The molecule has 5 rings (SSSR count). The topological polar surface area (TPSA) is 121 Å². The molecule has 0 aliphatic heterocycles. The number of H-pyrrole nitrogens is 1. The van der Waals surface area contributed by atoms with Gasteiger partial charge in [-0.05, 0) is 33.9 Å². The highest BCUT2D eigenvalue weighted by Crippen LogP contribution is 2.44. The van der Waals surface area contributed by atoms with Crippen LogP contribution in [-0.2, 0) is 20.7 Å². The van der Waals surface area contributed by atoms with Crippen molar-refractivity contribution in [2.45, 2.75) is 24.4 Å². The highest BCUT2D eigenvalue weighted by molar-refractivity contribution is 7.80. The van der Waals surface area contributed by atoms with Crippen LogP contribution in [0.25, 0.3) is 22.0 Å². The van der Waals surface area contributed by atoms with Crippen molar-refractivity contribution in [3.8, 4) is 11.1 Å². The summed E-state index contributed by atoms with van der Waals surface area (Å²) in [6, 6.07) is 21.4. The number of carboxylic acid groups (broad SMARTS) is 1. The molecule has 2 atom stereocenters. The minimum Gasteiger partial charge on any atom is -0.480 e. The summed E-state index contributed by atoms with van der Waals surface area (Å²) in [5.41, 5.74) is 6.07. The minimum absolute atomic E-state index is 0.0914. The smallest absolute Gasteiger partial charge is 0.407 e. The van der Waals surface area contributed by atoms with Gasteiger partial charge in [0.05, 0.1) is 0 Å². The molecule has 1 aliphatic rings. The van der Waals surface area contributed by atoms with Crippen LogP contribution in [-0.4, -0.2) is 52.5 Å². The van der Waals surface area contributed by atoms with Gasteiger partial charge >= 0.3 is 12.1 Å². The van der Waals surface area contributed by atoms with Gasteiger partial charge in [0, 0.05) is 35.2 Å². The number of aromatic amines is 1. The van der Waals surface area contributed by atoms with Gasteiger partial charge in [-0.3, -0.25) is 4.79 Å². The maximum Gasteiger partial charge on any atom is 0.407 e. The summed E-state index contributed by atoms with van der Waals surface area (Å²) in [5.74, 6) is -2.06. The van der Waals surface area contributed by atoms with E-state index >= 15 is 0 Å². The number of hydrogen-bond donors (Lipinski definition) is 5. The number of amides is 2. The summed E-state index contributed by atoms with van der Waals surface area (Å²) >= 11 is 4.02. The van der Waals surface area contributed by atoms with Crippen molar-refractivity contribution < 1.29 is 24.2 Å². The summed E-state index contributed by atoms with van der Waals surface area (Å²) in [6.07, 6.45) is 1.15. The van der Waals surface area contributed by atoms with Gasteiger partial charge in [0.15, 0.2) is 0 Å². The number of para-hydroxylation sites is 1. The minimum atomic E-state index is -1.21. The Hall–Kier alpha value is -4.24. The van der Waals surface area contributed by atoms with Gasteiger partial charge in [-0.1, -0.05) is 66.7 Å². The molecule has 38 heavy (non-hydrogen) atoms. The summed E-state index contributed by atoms with van der Waals surface area (Å²) in [6.45, 7) is 0.0929. The third-order valence-electron chi connectivity index (χ3n) is 6.85. The molecule has 1 aromatic heterocycles. The molecule has 1 heterocycles. The van der Waals surface area contributed by atoms with Crippen LogP contribution >= 0.6 is 12.6 Å². The van der Waals surface area contributed by atoms with E-state index in [9.17, 15) is 19.5 Å². The van der Waals surface area contributed by atoms with Crippen molar-refractivity contribution in [2.24, 2.45) is 0 Å². The molecule has 4 N–H and O–H groups in total. The fraction of sp³-hybridized carbons (Fsp3) is 0.207. The molecule has 2 amide bonds. The largest absolute Gasteiger partial charge is 0.480 e. The zero-order valence-electron chi connectivity index (χ0n) is 20.4. The lowest BCUT2D eigenvalue weighted by molar-refractivity contribution is -0.141. The second-order valence-corrected chi connectivity index (χ2v) is 9.53. The predicted octanol–water partition coefficient (Wildman–Crippen LogP) is 4.12. The molecule has 1 unspecified atom stereocenters. The van der Waals surface area contributed by atoms with Crippen LogP contribution in [0.5, 0.6) is 0 Å². The maximum absolute atomic E-state index is 13.1. The number of aromatic nitrogens is 1. The summed E-state index contributed by atoms with van der Waals surface area (Å²) in [4.78, 5) is 40.7. The van der Waals surface area contributed by atoms with Crippen LogP contribution in [0.15, 0.2) is 79.0 Å². The molecule has 8 nitrogen and oxygen atoms in total. The van der Waals surface area contributed by atoms with Crippen LogP contribution in [0.1, 0.15) is 22.6 Å². The lowest BCUT2D eigenvalue weighted by atomic mass is 9.98. The first-order chi connectivity index (χ1) is 18.5. The van der Waals surface area contributed by atoms with Crippen molar-refractivity contribution in [3.63, 3.8) is 0 Å². The van der Waals surface area contributed by atoms with E-state index in [1.54, 1.807) is 6.20 Å². The Bertz CT molecular complexity index is 1450. The Balaban J connectivity index is 1.33. The Morgan fingerprint density at radius 2 is 1.53 bits per heavy atom. The highest BCUT2D eigenvalue weighted by Gasteiger charge is 2.31. The fourth-order valence-corrected chi connectivity index (χ4v) is 5.22. The van der Waals surface area contributed by atoms with E-state index in [1.807, 2.05) is 60.7 Å². The predicted molar refractivity (Wildman–Crippen MR) is 147 cm³/mol. The Kier molecular flexibility index (Phi) is 7.37. The second kappa shape index (κ2) is 11.0. The molecule has 1 aliphatic carbocycles. The quantitative estimate of drug-likeness (QED) is 0.209. The molecule has 194 valence electrons. The Morgan fingerprint density at radius 1 is 0.895 bits per heavy atom. The van der Waals surface area contributed by atoms with E-state index in [0.717, 1.165) is 38.7 Å². The van der Waals surface area contributed by atoms with E-state index in [4.69, 9.17) is 4.74 Å². The third-order valence-corrected chi connectivity index (χ3v) is 7.21. The Labute approximate surface area is 224 Å². The molecule has 0 spiro atoms. The SMILES string of the molecule is O=C(N[C@@H](Cc1c[nH]c2ccccc12)C(=O)NC(CS)C(=O)O)OCC1c2ccccc2-c2ccccc21. The zero-order valence-corrected chi connectivity index (χ0v) is 21.3. The van der Waals surface area contributed by atoms with E-state index < -0.39 is 30.1 Å². The molecule has 0 saturated heterocycles. The van der Waals surface area contributed by atoms with Gasteiger partial charge in [0.2, 0.25) is 5.91 Å². The first kappa shape index (κ1) is 25.4. The number of carboxylic acids is 1. The maximum atomic E-state index is 13.1. The van der Waals surface area contributed by atoms with Gasteiger partial charge in [-0.15, -0.1) is 0 Å². The van der Waals surface area contributed by atoms with Crippen molar-refractivity contribution in [2.75, 3.05) is 12.4 Å². The molecule has 0 fully saturated rings. The Morgan fingerprint density at radius 3 is 2.18 bits per heavy atom. The molecule has 0 bridgehead atoms. The van der Waals surface area contributed by atoms with Crippen LogP contribution < -0.4 is 10.6 Å². The van der Waals surface area contributed by atoms with Crippen molar-refractivity contribution in [1.29, 1.82) is 0 Å². The monoisotopic (exact) mass is 529 g/mol. The summed E-state index contributed by atoms with van der Waals surface area (Å²) < 4.78 is 5.64. The lowest BCUT2D eigenvalue weighted by Crippen LogP contribution is -2.53. The number of fused-ring (bicyclic) bond motifs is 4. The molecular weight excluding hydrogens is 502 g/mol. The van der Waals surface area contributed by atoms with Crippen LogP contribution in [0.4, 0.5) is 4.79 Å². The van der Waals surface area contributed by atoms with Gasteiger partial charge in [0.25, 0.3) is 0 Å². The van der Waals surface area contributed by atoms with Gasteiger partial charge in [-0.25, -0.2) is 9.59 Å². The average molecular weight is 530 g/mol. The van der Waals surface area contributed by atoms with Crippen LogP contribution in [0, 0.1) is 0 Å². The normalized spacial score (nSPS) is 13.8. The van der Waals surface area contributed by atoms with Gasteiger partial charge < -0.3 is 25.5 Å². The number of aliphatic carboxylic acids is 1. The van der Waals surface area contributed by atoms with E-state index in [1.165, 1.54) is 0 Å². The number of thiol groups is 1. The molecule has 4 aromatic rings. The van der Waals surface area contributed by atoms with Crippen LogP contribution in [0.3, 0.4) is 0 Å². The van der Waals surface area contributed by atoms with Gasteiger partial charge in [-0.2, -0.15) is 12.6 Å². The number of rotatable bonds is 9. The van der Waals surface area contributed by atoms with E-state index in [2.05, 4.69) is 40.4 Å². The van der Waals surface area contributed by atoms with E-state index in [-0.39, 0.29) is 24.7 Å². The third kappa shape index (κ3) is 5.10. The number of alkyl carbamates (subject to hydrolysis) is 1. The average Bonchev–Trinajstić information content (AvgIpc) is 3.48. The summed E-state index contributed by atoms with van der Waals surface area (Å²) in [7, 11) is 0. The first-order valence-electron chi connectivity index (χ1n) is 12.3. The lowest BCUT2D eigenvalue weighted by Gasteiger charge is -2.21. The number of carbonyl (C=O) groups excluding carboxylic acids is 2. The number of ether oxygens (including phenoxy) is 1. The second-order valence-electron chi connectivity index (χ2n) is 9.17. The standard InChI is InChI=1S/C29H27N3O5S/c33-27(31-26(16-38)28(34)35)25(13-17-14-30-24-12-6-5-7-18(17)24)32-29(36)37-15-23-21-10-3-1-8-19(21)20-9-2-4-11-22(20)23/h1-12,14,23,25-26,30,38H,13,15-16H2,(H,31,33)(H,32,36)(H,34,35)/t25-,26?/m0/s1. The summed E-state index contributed by atoms with van der Waals surface area (Å²) in [5, 5.41) is 15.4. The van der Waals surface area contributed by atoms with Crippen molar-refractivity contribution in [3.05, 3.63) is 95.7 Å².